The van der Waals surface area contributed by atoms with Crippen LogP contribution in [0.2, 0.25) is 0 Å². The Labute approximate surface area is 73.4 Å². The second-order valence-electron chi connectivity index (χ2n) is 3.03. The Morgan fingerprint density at radius 1 is 1.58 bits per heavy atom. The summed E-state index contributed by atoms with van der Waals surface area (Å²) < 4.78 is 0. The summed E-state index contributed by atoms with van der Waals surface area (Å²) >= 11 is 0. The van der Waals surface area contributed by atoms with Gasteiger partial charge in [0.2, 0.25) is 0 Å². The highest BCUT2D eigenvalue weighted by atomic mass is 15.1. The molecule has 0 aromatic rings. The van der Waals surface area contributed by atoms with Gasteiger partial charge >= 0.3 is 0 Å². The molecule has 0 aromatic heterocycles. The Morgan fingerprint density at radius 2 is 2.25 bits per heavy atom. The highest BCUT2D eigenvalue weighted by Gasteiger charge is 2.14. The first-order chi connectivity index (χ1) is 5.83. The summed E-state index contributed by atoms with van der Waals surface area (Å²) in [4.78, 5) is 3.95. The van der Waals surface area contributed by atoms with Crippen molar-refractivity contribution in [3.05, 3.63) is 0 Å². The second kappa shape index (κ2) is 4.66. The maximum Gasteiger partial charge on any atom is 0.189 e. The van der Waals surface area contributed by atoms with Crippen LogP contribution < -0.4 is 11.1 Å². The Balaban J connectivity index is 2.25. The molecule has 3 N–H and O–H groups in total. The minimum absolute atomic E-state index is 0.367. The zero-order valence-electron chi connectivity index (χ0n) is 7.21. The van der Waals surface area contributed by atoms with Gasteiger partial charge in [-0.1, -0.05) is 18.8 Å². The van der Waals surface area contributed by atoms with Crippen molar-refractivity contribution in [3.8, 4) is 12.3 Å². The third kappa shape index (κ3) is 2.83. The van der Waals surface area contributed by atoms with Crippen molar-refractivity contribution >= 4 is 5.96 Å². The van der Waals surface area contributed by atoms with E-state index in [0.717, 1.165) is 0 Å². The van der Waals surface area contributed by atoms with Gasteiger partial charge in [0.05, 0.1) is 0 Å². The van der Waals surface area contributed by atoms with E-state index in [-0.39, 0.29) is 0 Å². The zero-order valence-corrected chi connectivity index (χ0v) is 7.21. The van der Waals surface area contributed by atoms with E-state index in [0.29, 0.717) is 18.5 Å². The molecule has 1 rings (SSSR count). The molecule has 0 bridgehead atoms. The number of terminal acetylenes is 1. The van der Waals surface area contributed by atoms with Crippen molar-refractivity contribution in [2.75, 3.05) is 6.54 Å². The number of guanidine groups is 1. The van der Waals surface area contributed by atoms with Gasteiger partial charge in [-0.3, -0.25) is 0 Å². The van der Waals surface area contributed by atoms with Gasteiger partial charge in [0.1, 0.15) is 6.54 Å². The lowest BCUT2D eigenvalue weighted by atomic mass is 10.2. The molecule has 1 saturated carbocycles. The Bertz CT molecular complexity index is 196. The molecule has 0 heterocycles. The maximum absolute atomic E-state index is 5.58. The second-order valence-corrected chi connectivity index (χ2v) is 3.03. The van der Waals surface area contributed by atoms with Crippen LogP contribution in [0.15, 0.2) is 4.99 Å². The van der Waals surface area contributed by atoms with Crippen LogP contribution in [-0.4, -0.2) is 18.5 Å². The minimum atomic E-state index is 0.367. The van der Waals surface area contributed by atoms with E-state index in [1.165, 1.54) is 25.7 Å². The van der Waals surface area contributed by atoms with Crippen molar-refractivity contribution in [2.45, 2.75) is 31.7 Å². The number of aliphatic imine (C=N–C) groups is 1. The van der Waals surface area contributed by atoms with Crippen LogP contribution in [0.25, 0.3) is 0 Å². The summed E-state index contributed by atoms with van der Waals surface area (Å²) in [5.74, 6) is 2.90. The molecule has 0 spiro atoms. The van der Waals surface area contributed by atoms with E-state index in [1.807, 2.05) is 0 Å². The first-order valence-electron chi connectivity index (χ1n) is 4.33. The van der Waals surface area contributed by atoms with Crippen molar-refractivity contribution in [2.24, 2.45) is 10.7 Å². The normalized spacial score (nSPS) is 19.1. The van der Waals surface area contributed by atoms with Crippen molar-refractivity contribution < 1.29 is 0 Å². The van der Waals surface area contributed by atoms with E-state index in [9.17, 15) is 0 Å². The SMILES string of the molecule is C#CCN=C(N)NC1CCCC1. The van der Waals surface area contributed by atoms with Crippen molar-refractivity contribution in [1.29, 1.82) is 0 Å². The lowest BCUT2D eigenvalue weighted by Gasteiger charge is -2.11. The standard InChI is InChI=1S/C9H15N3/c1-2-7-11-9(10)12-8-5-3-4-6-8/h1,8H,3-7H2,(H3,10,11,12). The number of hydrogen-bond donors (Lipinski definition) is 2. The minimum Gasteiger partial charge on any atom is -0.370 e. The van der Waals surface area contributed by atoms with Crippen molar-refractivity contribution in [1.82, 2.24) is 5.32 Å². The van der Waals surface area contributed by atoms with Crippen LogP contribution >= 0.6 is 0 Å². The largest absolute Gasteiger partial charge is 0.370 e. The van der Waals surface area contributed by atoms with Gasteiger partial charge < -0.3 is 11.1 Å². The van der Waals surface area contributed by atoms with E-state index < -0.39 is 0 Å². The maximum atomic E-state index is 5.58. The van der Waals surface area contributed by atoms with Gasteiger partial charge in [-0.25, -0.2) is 4.99 Å². The molecule has 0 unspecified atom stereocenters. The topological polar surface area (TPSA) is 50.4 Å². The van der Waals surface area contributed by atoms with Crippen LogP contribution in [0, 0.1) is 12.3 Å². The van der Waals surface area contributed by atoms with E-state index in [4.69, 9.17) is 12.2 Å². The molecular formula is C9H15N3. The number of hydrogen-bond acceptors (Lipinski definition) is 1. The third-order valence-corrected chi connectivity index (χ3v) is 2.05. The Hall–Kier alpha value is -1.17. The predicted molar refractivity (Wildman–Crippen MR) is 50.7 cm³/mol. The molecule has 0 aromatic carbocycles. The molecule has 0 saturated heterocycles. The average molecular weight is 165 g/mol. The molecule has 1 aliphatic carbocycles. The molecule has 12 heavy (non-hydrogen) atoms. The molecule has 0 radical (unpaired) electrons. The molecule has 0 amide bonds. The van der Waals surface area contributed by atoms with Gasteiger partial charge in [-0.2, -0.15) is 0 Å². The molecule has 1 aliphatic rings. The van der Waals surface area contributed by atoms with Crippen LogP contribution in [-0.2, 0) is 0 Å². The van der Waals surface area contributed by atoms with Gasteiger partial charge in [0.25, 0.3) is 0 Å². The van der Waals surface area contributed by atoms with Gasteiger partial charge in [-0.05, 0) is 12.8 Å². The summed E-state index contributed by atoms with van der Waals surface area (Å²) in [7, 11) is 0. The Kier molecular flexibility index (Phi) is 3.46. The van der Waals surface area contributed by atoms with E-state index in [2.05, 4.69) is 16.2 Å². The summed E-state index contributed by atoms with van der Waals surface area (Å²) in [5, 5.41) is 3.15. The fraction of sp³-hybridized carbons (Fsp3) is 0.667. The van der Waals surface area contributed by atoms with E-state index >= 15 is 0 Å². The first kappa shape index (κ1) is 8.92. The Morgan fingerprint density at radius 3 is 2.83 bits per heavy atom. The van der Waals surface area contributed by atoms with Crippen LogP contribution in [0.1, 0.15) is 25.7 Å². The fourth-order valence-corrected chi connectivity index (χ4v) is 1.46. The highest BCUT2D eigenvalue weighted by molar-refractivity contribution is 5.78. The van der Waals surface area contributed by atoms with Crippen LogP contribution in [0.4, 0.5) is 0 Å². The smallest absolute Gasteiger partial charge is 0.189 e. The predicted octanol–water partition coefficient (Wildman–Crippen LogP) is 0.466. The number of rotatable bonds is 2. The fourth-order valence-electron chi connectivity index (χ4n) is 1.46. The summed E-state index contributed by atoms with van der Waals surface area (Å²) in [6.45, 7) is 0.367. The summed E-state index contributed by atoms with van der Waals surface area (Å²) in [6.07, 6.45) is 10.0. The van der Waals surface area contributed by atoms with E-state index in [1.54, 1.807) is 0 Å². The van der Waals surface area contributed by atoms with Gasteiger partial charge in [0.15, 0.2) is 5.96 Å². The molecule has 1 fully saturated rings. The van der Waals surface area contributed by atoms with Gasteiger partial charge in [-0.15, -0.1) is 6.42 Å². The first-order valence-corrected chi connectivity index (χ1v) is 4.33. The molecule has 3 nitrogen and oxygen atoms in total. The van der Waals surface area contributed by atoms with Gasteiger partial charge in [0, 0.05) is 6.04 Å². The molecule has 0 aliphatic heterocycles. The zero-order chi connectivity index (χ0) is 8.81. The number of nitrogens with one attached hydrogen (secondary N) is 1. The van der Waals surface area contributed by atoms with Crippen LogP contribution in [0.5, 0.6) is 0 Å². The quantitative estimate of drug-likeness (QED) is 0.355. The monoisotopic (exact) mass is 165 g/mol. The summed E-state index contributed by atoms with van der Waals surface area (Å²) in [6, 6.07) is 0.520. The number of nitrogens with two attached hydrogens (primary N) is 1. The highest BCUT2D eigenvalue weighted by Crippen LogP contribution is 2.17. The average Bonchev–Trinajstić information content (AvgIpc) is 2.53. The summed E-state index contributed by atoms with van der Waals surface area (Å²) in [5.41, 5.74) is 5.58. The van der Waals surface area contributed by atoms with Crippen molar-refractivity contribution in [3.63, 3.8) is 0 Å². The lowest BCUT2D eigenvalue weighted by molar-refractivity contribution is 0.626. The molecule has 66 valence electrons. The van der Waals surface area contributed by atoms with Crippen LogP contribution in [0.3, 0.4) is 0 Å². The molecule has 0 atom stereocenters. The third-order valence-electron chi connectivity index (χ3n) is 2.05. The molecule has 3 heteroatoms. The molecular weight excluding hydrogens is 150 g/mol. The number of nitrogens with zero attached hydrogens (tertiary/aromatic N) is 1. The lowest BCUT2D eigenvalue weighted by Crippen LogP contribution is -2.38.